The number of benzene rings is 1. The molecule has 11 nitrogen and oxygen atoms in total. The lowest BCUT2D eigenvalue weighted by Gasteiger charge is -2.07. The second kappa shape index (κ2) is 11.8. The molecule has 13 heteroatoms. The second-order valence-electron chi connectivity index (χ2n) is 6.58. The van der Waals surface area contributed by atoms with Crippen molar-refractivity contribution in [2.45, 2.75) is 13.5 Å². The first-order valence-electron chi connectivity index (χ1n) is 9.66. The first-order valence-corrected chi connectivity index (χ1v) is 12.3. The van der Waals surface area contributed by atoms with Gasteiger partial charge in [-0.05, 0) is 25.1 Å². The van der Waals surface area contributed by atoms with Crippen molar-refractivity contribution in [2.75, 3.05) is 30.0 Å². The van der Waals surface area contributed by atoms with Crippen molar-refractivity contribution in [3.8, 4) is 18.4 Å². The van der Waals surface area contributed by atoms with Crippen LogP contribution in [-0.4, -0.2) is 44.2 Å². The van der Waals surface area contributed by atoms with Gasteiger partial charge in [0.2, 0.25) is 0 Å². The number of hydrogen-bond donors (Lipinski definition) is 3. The van der Waals surface area contributed by atoms with Gasteiger partial charge in [0.15, 0.2) is 5.57 Å². The van der Waals surface area contributed by atoms with Crippen LogP contribution in [0.2, 0.25) is 0 Å². The average molecular weight is 504 g/mol. The highest BCUT2D eigenvalue weighted by molar-refractivity contribution is 7.86. The van der Waals surface area contributed by atoms with Gasteiger partial charge >= 0.3 is 0 Å². The molecule has 0 radical (unpaired) electrons. The van der Waals surface area contributed by atoms with E-state index >= 15 is 0 Å². The van der Waals surface area contributed by atoms with Crippen LogP contribution in [0.15, 0.2) is 29.1 Å². The van der Waals surface area contributed by atoms with Crippen molar-refractivity contribution in [2.24, 2.45) is 0 Å². The summed E-state index contributed by atoms with van der Waals surface area (Å²) in [5.41, 5.74) is 0.258. The molecule has 34 heavy (non-hydrogen) atoms. The monoisotopic (exact) mass is 503 g/mol. The Balaban J connectivity index is 2.32. The van der Waals surface area contributed by atoms with E-state index in [0.717, 1.165) is 17.6 Å². The van der Waals surface area contributed by atoms with Gasteiger partial charge in [-0.2, -0.15) is 13.7 Å². The normalized spacial score (nSPS) is 12.3. The molecule has 2 aromatic rings. The number of thiazole rings is 1. The van der Waals surface area contributed by atoms with Gasteiger partial charge in [-0.15, -0.1) is 17.8 Å². The number of nitrogens with zero attached hydrogens (tertiary/aromatic N) is 2. The van der Waals surface area contributed by atoms with Crippen LogP contribution in [-0.2, 0) is 30.4 Å². The molecule has 0 bridgehead atoms. The molecule has 1 aromatic heterocycles. The van der Waals surface area contributed by atoms with E-state index in [9.17, 15) is 28.1 Å². The van der Waals surface area contributed by atoms with Crippen LogP contribution in [0.3, 0.4) is 0 Å². The van der Waals surface area contributed by atoms with Crippen LogP contribution in [0.25, 0.3) is 11.8 Å². The fourth-order valence-corrected chi connectivity index (χ4v) is 4.01. The van der Waals surface area contributed by atoms with Gasteiger partial charge < -0.3 is 16.0 Å². The summed E-state index contributed by atoms with van der Waals surface area (Å²) >= 11 is 0.965. The molecule has 0 atom stereocenters. The number of carbonyl (C=O) groups is 2. The van der Waals surface area contributed by atoms with E-state index < -0.39 is 34.1 Å². The third kappa shape index (κ3) is 7.31. The van der Waals surface area contributed by atoms with Crippen molar-refractivity contribution >= 4 is 56.4 Å². The van der Waals surface area contributed by atoms with Gasteiger partial charge in [0.25, 0.3) is 27.5 Å². The Kier molecular flexibility index (Phi) is 9.15. The molecule has 1 heterocycles. The molecule has 0 aliphatic heterocycles. The molecule has 0 fully saturated rings. The van der Waals surface area contributed by atoms with E-state index in [1.165, 1.54) is 10.8 Å². The van der Waals surface area contributed by atoms with Crippen LogP contribution in [0.4, 0.5) is 11.4 Å². The molecule has 0 saturated heterocycles. The van der Waals surface area contributed by atoms with E-state index in [4.69, 9.17) is 6.42 Å². The van der Waals surface area contributed by atoms with Crippen LogP contribution >= 0.6 is 11.3 Å². The van der Waals surface area contributed by atoms with Crippen molar-refractivity contribution in [3.63, 3.8) is 0 Å². The number of nitrogens with one attached hydrogen (secondary N) is 3. The van der Waals surface area contributed by atoms with Crippen molar-refractivity contribution in [3.05, 3.63) is 43.8 Å². The van der Waals surface area contributed by atoms with Crippen molar-refractivity contribution < 1.29 is 22.2 Å². The topological polar surface area (TPSA) is 159 Å². The van der Waals surface area contributed by atoms with Gasteiger partial charge in [0.05, 0.1) is 12.8 Å². The first kappa shape index (κ1) is 26.3. The van der Waals surface area contributed by atoms with Gasteiger partial charge in [-0.3, -0.25) is 23.1 Å². The standard InChI is InChI=1S/C21H21N5O6S2/c1-4-9-23-19(28)16(11-22)21-26(5-2)20(29)17(33-21)12-24-14-7-6-8-15(10-14)25-18(27)13-32-34(3,30)31/h1,6-8,10,12,24H,5,9,13H2,2-3H3,(H,23,28)(H,25,27)/b17-12+,21-16-. The molecule has 0 saturated carbocycles. The number of aromatic nitrogens is 1. The number of nitriles is 1. The van der Waals surface area contributed by atoms with E-state index in [0.29, 0.717) is 11.4 Å². The second-order valence-corrected chi connectivity index (χ2v) is 9.25. The number of amides is 2. The Labute approximate surface area is 199 Å². The van der Waals surface area contributed by atoms with E-state index in [-0.39, 0.29) is 27.9 Å². The molecule has 2 rings (SSSR count). The summed E-state index contributed by atoms with van der Waals surface area (Å²) in [7, 11) is -3.75. The number of anilines is 2. The Morgan fingerprint density at radius 1 is 1.32 bits per heavy atom. The van der Waals surface area contributed by atoms with Crippen LogP contribution < -0.4 is 30.7 Å². The summed E-state index contributed by atoms with van der Waals surface area (Å²) in [5.74, 6) is 0.908. The molecule has 0 spiro atoms. The lowest BCUT2D eigenvalue weighted by Crippen LogP contribution is -2.34. The Bertz CT molecular complexity index is 1460. The summed E-state index contributed by atoms with van der Waals surface area (Å²) in [4.78, 5) is 36.8. The van der Waals surface area contributed by atoms with Crippen molar-refractivity contribution in [1.82, 2.24) is 9.88 Å². The molecule has 178 valence electrons. The van der Waals surface area contributed by atoms with Crippen LogP contribution in [0.1, 0.15) is 6.92 Å². The molecule has 0 aliphatic carbocycles. The fraction of sp³-hybridized carbons (Fsp3) is 0.238. The van der Waals surface area contributed by atoms with Gasteiger partial charge in [-0.1, -0.05) is 12.0 Å². The molecule has 3 N–H and O–H groups in total. The summed E-state index contributed by atoms with van der Waals surface area (Å²) in [6.45, 7) is 1.23. The lowest BCUT2D eigenvalue weighted by atomic mass is 10.2. The maximum absolute atomic E-state index is 12.8. The minimum atomic E-state index is -3.75. The van der Waals surface area contributed by atoms with Crippen LogP contribution in [0, 0.1) is 23.7 Å². The third-order valence-corrected chi connectivity index (χ3v) is 5.72. The average Bonchev–Trinajstić information content (AvgIpc) is 3.10. The Morgan fingerprint density at radius 2 is 2.03 bits per heavy atom. The number of terminal acetylenes is 1. The fourth-order valence-electron chi connectivity index (χ4n) is 2.60. The molecular weight excluding hydrogens is 482 g/mol. The maximum Gasteiger partial charge on any atom is 0.270 e. The maximum atomic E-state index is 12.8. The predicted octanol–water partition coefficient (Wildman–Crippen LogP) is -0.882. The smallest absolute Gasteiger partial charge is 0.270 e. The third-order valence-electron chi connectivity index (χ3n) is 4.05. The molecule has 1 aromatic carbocycles. The minimum absolute atomic E-state index is 0.0560. The number of hydrogen-bond acceptors (Lipinski definition) is 9. The minimum Gasteiger partial charge on any atom is -0.360 e. The van der Waals surface area contributed by atoms with Crippen molar-refractivity contribution in [1.29, 1.82) is 5.26 Å². The zero-order chi connectivity index (χ0) is 25.3. The van der Waals surface area contributed by atoms with Gasteiger partial charge in [0.1, 0.15) is 21.9 Å². The number of rotatable bonds is 9. The Hall–Kier alpha value is -3.91. The number of carbonyl (C=O) groups excluding carboxylic acids is 2. The highest BCUT2D eigenvalue weighted by Crippen LogP contribution is 2.15. The van der Waals surface area contributed by atoms with E-state index in [1.807, 2.05) is 6.07 Å². The summed E-state index contributed by atoms with van der Waals surface area (Å²) in [6, 6.07) is 8.27. The highest BCUT2D eigenvalue weighted by atomic mass is 32.2. The first-order chi connectivity index (χ1) is 16.1. The summed E-state index contributed by atoms with van der Waals surface area (Å²) in [5, 5.41) is 17.3. The quantitative estimate of drug-likeness (QED) is 0.294. The molecule has 2 amide bonds. The highest BCUT2D eigenvalue weighted by Gasteiger charge is 2.14. The van der Waals surface area contributed by atoms with E-state index in [1.54, 1.807) is 31.2 Å². The summed E-state index contributed by atoms with van der Waals surface area (Å²) < 4.78 is 28.2. The predicted molar refractivity (Wildman–Crippen MR) is 128 cm³/mol. The van der Waals surface area contributed by atoms with Gasteiger partial charge in [0, 0.05) is 24.1 Å². The zero-order valence-electron chi connectivity index (χ0n) is 18.2. The van der Waals surface area contributed by atoms with Gasteiger partial charge in [-0.25, -0.2) is 0 Å². The lowest BCUT2D eigenvalue weighted by molar-refractivity contribution is -0.118. The molecular formula is C21H21N5O6S2. The summed E-state index contributed by atoms with van der Waals surface area (Å²) in [6.07, 6.45) is 7.39. The molecule has 0 unspecified atom stereocenters. The SMILES string of the molecule is C#CCNC(=O)/C(C#N)=c1\s/c(=C/Nc2cccc(NC(=O)COS(C)(=O)=O)c2)c(=O)n1CC. The Morgan fingerprint density at radius 3 is 2.65 bits per heavy atom. The van der Waals surface area contributed by atoms with E-state index in [2.05, 4.69) is 26.1 Å². The van der Waals surface area contributed by atoms with Crippen LogP contribution in [0.5, 0.6) is 0 Å². The largest absolute Gasteiger partial charge is 0.360 e. The molecule has 0 aliphatic rings. The zero-order valence-corrected chi connectivity index (χ0v) is 19.9.